The predicted octanol–water partition coefficient (Wildman–Crippen LogP) is 10.9. The van der Waals surface area contributed by atoms with Gasteiger partial charge in [-0.1, -0.05) is 47.9 Å². The van der Waals surface area contributed by atoms with Crippen LogP contribution < -0.4 is 15.0 Å². The molecular weight excluding hydrogens is 990 g/mol. The Hall–Kier alpha value is -5.87. The first-order chi connectivity index (χ1) is 36.3. The maximum absolute atomic E-state index is 13.6. The molecule has 0 saturated carbocycles. The number of aromatic nitrogens is 1. The van der Waals surface area contributed by atoms with Crippen LogP contribution in [0.4, 0.5) is 5.69 Å². The minimum absolute atomic E-state index is 0.0236. The second-order valence-corrected chi connectivity index (χ2v) is 21.5. The minimum atomic E-state index is -3.53. The van der Waals surface area contributed by atoms with Gasteiger partial charge in [-0.3, -0.25) is 19.0 Å². The number of amides is 1. The summed E-state index contributed by atoms with van der Waals surface area (Å²) in [5, 5.41) is 4.45. The van der Waals surface area contributed by atoms with Crippen LogP contribution in [0.1, 0.15) is 103 Å². The number of carbonyl (C=O) groups is 3. The topological polar surface area (TPSA) is 152 Å². The van der Waals surface area contributed by atoms with Gasteiger partial charge >= 0.3 is 0 Å². The summed E-state index contributed by atoms with van der Waals surface area (Å²) in [6.45, 7) is 15.3. The molecule has 1 aromatic heterocycles. The third-order valence-corrected chi connectivity index (χ3v) is 15.6. The molecule has 15 heteroatoms. The molecule has 0 spiro atoms. The number of anilines is 1. The van der Waals surface area contributed by atoms with Crippen molar-refractivity contribution in [2.24, 2.45) is 0 Å². The molecule has 0 radical (unpaired) electrons. The number of fused-ring (bicyclic) bond motifs is 3. The Bertz CT molecular complexity index is 3010. The second-order valence-electron chi connectivity index (χ2n) is 18.9. The highest BCUT2D eigenvalue weighted by atomic mass is 35.5. The van der Waals surface area contributed by atoms with Crippen molar-refractivity contribution in [3.8, 4) is 5.75 Å². The third-order valence-electron chi connectivity index (χ3n) is 13.6. The Morgan fingerprint density at radius 3 is 2.15 bits per heavy atom. The lowest BCUT2D eigenvalue weighted by molar-refractivity contribution is -0.121. The van der Waals surface area contributed by atoms with Crippen molar-refractivity contribution in [3.05, 3.63) is 153 Å². The summed E-state index contributed by atoms with van der Waals surface area (Å²) in [7, 11) is -3.53. The summed E-state index contributed by atoms with van der Waals surface area (Å²) in [5.41, 5.74) is 9.86. The van der Waals surface area contributed by atoms with Gasteiger partial charge in [0.1, 0.15) is 17.3 Å². The van der Waals surface area contributed by atoms with Crippen molar-refractivity contribution in [2.45, 2.75) is 90.9 Å². The lowest BCUT2D eigenvalue weighted by atomic mass is 9.86. The van der Waals surface area contributed by atoms with Crippen LogP contribution in [-0.4, -0.2) is 109 Å². The first kappa shape index (κ1) is 56.8. The molecule has 1 N–H and O–H groups in total. The lowest BCUT2D eigenvalue weighted by Crippen LogP contribution is -2.26. The molecule has 0 fully saturated rings. The van der Waals surface area contributed by atoms with Gasteiger partial charge < -0.3 is 33.9 Å². The second kappa shape index (κ2) is 27.8. The summed E-state index contributed by atoms with van der Waals surface area (Å²) >= 11 is 6.05. The van der Waals surface area contributed by atoms with Crippen LogP contribution in [0, 0.1) is 20.8 Å². The number of nitrogens with one attached hydrogen (secondary N) is 1. The molecule has 0 unspecified atom stereocenters. The number of halogens is 1. The van der Waals surface area contributed by atoms with Gasteiger partial charge in [0.05, 0.1) is 68.8 Å². The molecule has 0 bridgehead atoms. The van der Waals surface area contributed by atoms with E-state index in [9.17, 15) is 22.8 Å². The summed E-state index contributed by atoms with van der Waals surface area (Å²) in [5.74, 6) is 1.45. The van der Waals surface area contributed by atoms with Crippen LogP contribution in [0.25, 0.3) is 16.5 Å². The number of hydrogen-bond donors (Lipinski definition) is 1. The molecule has 1 amide bonds. The molecular formula is C60H72ClN3O10S. The number of Topliss-reactive ketones (excluding diaryl/α,β-unsaturated/α-hetero) is 1. The zero-order valence-corrected chi connectivity index (χ0v) is 45.7. The number of hydrogen-bond acceptors (Lipinski definition) is 11. The molecule has 7 rings (SSSR count). The molecule has 1 aliphatic carbocycles. The summed E-state index contributed by atoms with van der Waals surface area (Å²) in [6.07, 6.45) is 10.7. The zero-order valence-electron chi connectivity index (χ0n) is 44.1. The van der Waals surface area contributed by atoms with Crippen LogP contribution in [0.3, 0.4) is 0 Å². The number of rotatable bonds is 30. The van der Waals surface area contributed by atoms with Gasteiger partial charge in [0.2, 0.25) is 5.91 Å². The molecule has 1 aliphatic heterocycles. The van der Waals surface area contributed by atoms with Crippen molar-refractivity contribution >= 4 is 61.2 Å². The first-order valence-corrected chi connectivity index (χ1v) is 28.3. The molecule has 13 nitrogen and oxygen atoms in total. The Balaban J connectivity index is 0.696. The van der Waals surface area contributed by atoms with Gasteiger partial charge in [-0.25, -0.2) is 8.42 Å². The van der Waals surface area contributed by atoms with E-state index in [1.165, 1.54) is 0 Å². The monoisotopic (exact) mass is 1060 g/mol. The van der Waals surface area contributed by atoms with Gasteiger partial charge in [0.25, 0.3) is 5.91 Å². The molecule has 0 saturated heterocycles. The number of ether oxygens (including phenoxy) is 5. The molecule has 4 aromatic carbocycles. The number of ketones is 1. The first-order valence-electron chi connectivity index (χ1n) is 26.3. The Labute approximate surface area is 447 Å². The van der Waals surface area contributed by atoms with Crippen LogP contribution in [0.2, 0.25) is 5.02 Å². The molecule has 0 atom stereocenters. The van der Waals surface area contributed by atoms with E-state index in [4.69, 9.17) is 35.3 Å². The lowest BCUT2D eigenvalue weighted by Gasteiger charge is -2.29. The molecule has 400 valence electrons. The number of allylic oxidation sites excluding steroid dienone is 3. The molecule has 5 aromatic rings. The highest BCUT2D eigenvalue weighted by Crippen LogP contribution is 2.45. The van der Waals surface area contributed by atoms with Crippen molar-refractivity contribution in [1.29, 1.82) is 0 Å². The van der Waals surface area contributed by atoms with E-state index in [-0.39, 0.29) is 29.8 Å². The summed E-state index contributed by atoms with van der Waals surface area (Å²) < 4.78 is 57.4. The number of unbranched alkanes of at least 4 members (excludes halogenated alkanes) is 2. The van der Waals surface area contributed by atoms with E-state index in [1.54, 1.807) is 41.0 Å². The maximum Gasteiger partial charge on any atom is 0.262 e. The van der Waals surface area contributed by atoms with Crippen LogP contribution in [-0.2, 0) is 44.8 Å². The van der Waals surface area contributed by atoms with E-state index in [0.29, 0.717) is 94.1 Å². The van der Waals surface area contributed by atoms with Crippen molar-refractivity contribution in [1.82, 2.24) is 9.88 Å². The summed E-state index contributed by atoms with van der Waals surface area (Å²) in [4.78, 5) is 41.6. The Morgan fingerprint density at radius 2 is 1.44 bits per heavy atom. The number of nitrogens with zero attached hydrogens (tertiary/aromatic N) is 2. The Morgan fingerprint density at radius 1 is 0.747 bits per heavy atom. The third kappa shape index (κ3) is 15.2. The molecule has 2 heterocycles. The SMILES string of the molecule is CCN(CC)c1ccc2c(c1)OC1=CCC=CC1=C2c1ccc(S(=O)(=O)CCCOCCOCCOCCOCCC(=O)CCCCCNC(=O)Cc2c(C)n(C(=O)c3ccc(Cl)cc3)c3ccc(C)cc23)cc1C. The van der Waals surface area contributed by atoms with Crippen molar-refractivity contribution < 1.29 is 46.5 Å². The van der Waals surface area contributed by atoms with Gasteiger partial charge in [-0.15, -0.1) is 0 Å². The van der Waals surface area contributed by atoms with Gasteiger partial charge in [0.15, 0.2) is 9.84 Å². The number of aryl methyl sites for hydroxylation is 2. The summed E-state index contributed by atoms with van der Waals surface area (Å²) in [6, 6.07) is 24.4. The van der Waals surface area contributed by atoms with Crippen LogP contribution in [0.15, 0.2) is 113 Å². The highest BCUT2D eigenvalue weighted by molar-refractivity contribution is 7.91. The van der Waals surface area contributed by atoms with Crippen LogP contribution >= 0.6 is 11.6 Å². The van der Waals surface area contributed by atoms with Crippen molar-refractivity contribution in [2.75, 3.05) is 83.1 Å². The standard InChI is InChI=1S/C60H72ClN3O10S/c1-6-63(7-2)47-22-24-52-57(40-47)74-56-16-11-10-15-51(56)59(52)50-25-23-49(39-43(50)4)75(68,69)37-13-29-70-31-33-72-35-36-73-34-32-71-30-27-48(65)14-9-8-12-28-62-58(66)41-53-44(5)64(55-26-17-42(3)38-54(53)55)60(67)45-18-20-46(61)21-19-45/h10,15-26,38-40H,6-9,11-14,27-37,41H2,1-5H3,(H,62,66). The number of benzene rings is 4. The van der Waals surface area contributed by atoms with Gasteiger partial charge in [0, 0.05) is 89.2 Å². The van der Waals surface area contributed by atoms with Crippen molar-refractivity contribution in [3.63, 3.8) is 0 Å². The molecule has 75 heavy (non-hydrogen) atoms. The smallest absolute Gasteiger partial charge is 0.262 e. The van der Waals surface area contributed by atoms with Gasteiger partial charge in [-0.2, -0.15) is 0 Å². The average Bonchev–Trinajstić information content (AvgIpc) is 3.67. The Kier molecular flexibility index (Phi) is 21.1. The quantitative estimate of drug-likeness (QED) is 0.0438. The van der Waals surface area contributed by atoms with E-state index in [2.05, 4.69) is 60.5 Å². The minimum Gasteiger partial charge on any atom is -0.456 e. The van der Waals surface area contributed by atoms with E-state index in [0.717, 1.165) is 112 Å². The average molecular weight is 1060 g/mol. The van der Waals surface area contributed by atoms with Gasteiger partial charge in [-0.05, 0) is 144 Å². The molecule has 2 aliphatic rings. The van der Waals surface area contributed by atoms with E-state index < -0.39 is 9.84 Å². The normalized spacial score (nSPS) is 13.1. The zero-order chi connectivity index (χ0) is 53.3. The van der Waals surface area contributed by atoms with Crippen LogP contribution in [0.5, 0.6) is 5.75 Å². The fraction of sp³-hybridized carbons (Fsp3) is 0.417. The largest absolute Gasteiger partial charge is 0.456 e. The number of sulfone groups is 1. The van der Waals surface area contributed by atoms with E-state index in [1.807, 2.05) is 45.0 Å². The number of carbonyl (C=O) groups excluding carboxylic acids is 3. The predicted molar refractivity (Wildman–Crippen MR) is 297 cm³/mol. The fourth-order valence-corrected chi connectivity index (χ4v) is 11.0. The highest BCUT2D eigenvalue weighted by Gasteiger charge is 2.28. The van der Waals surface area contributed by atoms with E-state index >= 15 is 0 Å². The maximum atomic E-state index is 13.6. The fourth-order valence-electron chi connectivity index (χ4n) is 9.53.